The van der Waals surface area contributed by atoms with Crippen LogP contribution in [0.3, 0.4) is 0 Å². The summed E-state index contributed by atoms with van der Waals surface area (Å²) >= 11 is 1.53. The average molecular weight is 315 g/mol. The van der Waals surface area contributed by atoms with Gasteiger partial charge in [0.05, 0.1) is 5.69 Å². The molecule has 0 spiro atoms. The lowest BCUT2D eigenvalue weighted by molar-refractivity contribution is 0.318. The number of likely N-dealkylation sites (N-methyl/N-ethyl adjacent to an activating group) is 1. The molecule has 0 aliphatic carbocycles. The van der Waals surface area contributed by atoms with Crippen molar-refractivity contribution in [2.75, 3.05) is 20.1 Å². The average Bonchev–Trinajstić information content (AvgIpc) is 2.97. The molecule has 5 nitrogen and oxygen atoms in total. The molecule has 1 unspecified atom stereocenters. The van der Waals surface area contributed by atoms with E-state index in [0.717, 1.165) is 42.4 Å². The van der Waals surface area contributed by atoms with E-state index in [4.69, 9.17) is 0 Å². The SMILES string of the molecule is CNC1CCN(Cc2cc(=O)n3c(C)csc3n2)C1.Cl. The molecule has 7 heteroatoms. The van der Waals surface area contributed by atoms with Crippen molar-refractivity contribution in [2.45, 2.75) is 25.9 Å². The molecular weight excluding hydrogens is 296 g/mol. The fourth-order valence-electron chi connectivity index (χ4n) is 2.62. The first-order valence-electron chi connectivity index (χ1n) is 6.54. The van der Waals surface area contributed by atoms with Gasteiger partial charge in [-0.05, 0) is 20.4 Å². The van der Waals surface area contributed by atoms with Crippen LogP contribution < -0.4 is 10.9 Å². The number of halogens is 1. The zero-order valence-electron chi connectivity index (χ0n) is 11.6. The second-order valence-electron chi connectivity index (χ2n) is 5.09. The maximum atomic E-state index is 12.1. The van der Waals surface area contributed by atoms with Crippen molar-refractivity contribution < 1.29 is 0 Å². The molecule has 1 aliphatic heterocycles. The monoisotopic (exact) mass is 314 g/mol. The van der Waals surface area contributed by atoms with E-state index >= 15 is 0 Å². The Balaban J connectivity index is 0.00000147. The normalized spacial score (nSPS) is 19.4. The number of hydrogen-bond donors (Lipinski definition) is 1. The quantitative estimate of drug-likeness (QED) is 0.927. The molecule has 20 heavy (non-hydrogen) atoms. The molecule has 1 N–H and O–H groups in total. The number of hydrogen-bond acceptors (Lipinski definition) is 5. The Morgan fingerprint density at radius 1 is 1.55 bits per heavy atom. The number of nitrogens with zero attached hydrogens (tertiary/aromatic N) is 3. The highest BCUT2D eigenvalue weighted by Crippen LogP contribution is 2.15. The van der Waals surface area contributed by atoms with Crippen molar-refractivity contribution in [3.63, 3.8) is 0 Å². The number of rotatable bonds is 3. The first-order chi connectivity index (χ1) is 9.17. The van der Waals surface area contributed by atoms with E-state index in [1.165, 1.54) is 11.3 Å². The molecule has 2 aromatic rings. The molecule has 3 heterocycles. The molecule has 2 aromatic heterocycles. The van der Waals surface area contributed by atoms with E-state index in [0.29, 0.717) is 6.04 Å². The molecule has 1 aliphatic rings. The van der Waals surface area contributed by atoms with E-state index in [9.17, 15) is 4.79 Å². The van der Waals surface area contributed by atoms with Crippen molar-refractivity contribution in [1.29, 1.82) is 0 Å². The maximum absolute atomic E-state index is 12.1. The Bertz CT molecular complexity index is 653. The van der Waals surface area contributed by atoms with Gasteiger partial charge >= 0.3 is 0 Å². The molecule has 0 saturated carbocycles. The highest BCUT2D eigenvalue weighted by Gasteiger charge is 2.21. The zero-order chi connectivity index (χ0) is 13.4. The van der Waals surface area contributed by atoms with E-state index < -0.39 is 0 Å². The van der Waals surface area contributed by atoms with Gasteiger partial charge in [-0.25, -0.2) is 4.98 Å². The minimum absolute atomic E-state index is 0. The molecule has 0 bridgehead atoms. The molecule has 0 aromatic carbocycles. The van der Waals surface area contributed by atoms with Gasteiger partial charge in [0, 0.05) is 42.8 Å². The summed E-state index contributed by atoms with van der Waals surface area (Å²) in [5.74, 6) is 0. The van der Waals surface area contributed by atoms with Gasteiger partial charge in [-0.3, -0.25) is 14.1 Å². The van der Waals surface area contributed by atoms with Crippen LogP contribution in [0.2, 0.25) is 0 Å². The highest BCUT2D eigenvalue weighted by molar-refractivity contribution is 7.15. The number of aryl methyl sites for hydroxylation is 1. The Labute approximate surface area is 128 Å². The lowest BCUT2D eigenvalue weighted by Crippen LogP contribution is -2.30. The summed E-state index contributed by atoms with van der Waals surface area (Å²) in [6.07, 6.45) is 1.16. The van der Waals surface area contributed by atoms with Crippen LogP contribution in [0, 0.1) is 6.92 Å². The molecule has 0 radical (unpaired) electrons. The second-order valence-corrected chi connectivity index (χ2v) is 5.93. The van der Waals surface area contributed by atoms with Gasteiger partial charge in [-0.1, -0.05) is 0 Å². The number of aromatic nitrogens is 2. The molecule has 0 amide bonds. The minimum Gasteiger partial charge on any atom is -0.316 e. The van der Waals surface area contributed by atoms with E-state index in [-0.39, 0.29) is 18.0 Å². The fraction of sp³-hybridized carbons (Fsp3) is 0.538. The summed E-state index contributed by atoms with van der Waals surface area (Å²) < 4.78 is 1.68. The summed E-state index contributed by atoms with van der Waals surface area (Å²) in [5.41, 5.74) is 1.87. The topological polar surface area (TPSA) is 49.6 Å². The van der Waals surface area contributed by atoms with Gasteiger partial charge in [0.1, 0.15) is 0 Å². The fourth-order valence-corrected chi connectivity index (χ4v) is 3.51. The van der Waals surface area contributed by atoms with E-state index in [2.05, 4.69) is 15.2 Å². The predicted molar refractivity (Wildman–Crippen MR) is 84.1 cm³/mol. The molecular formula is C13H19ClN4OS. The maximum Gasteiger partial charge on any atom is 0.259 e. The van der Waals surface area contributed by atoms with Crippen LogP contribution in [0.1, 0.15) is 17.8 Å². The van der Waals surface area contributed by atoms with Crippen molar-refractivity contribution in [1.82, 2.24) is 19.6 Å². The number of nitrogens with one attached hydrogen (secondary N) is 1. The van der Waals surface area contributed by atoms with Gasteiger partial charge in [0.25, 0.3) is 5.56 Å². The van der Waals surface area contributed by atoms with Gasteiger partial charge in [-0.15, -0.1) is 23.7 Å². The molecule has 110 valence electrons. The van der Waals surface area contributed by atoms with Crippen molar-refractivity contribution in [3.8, 4) is 0 Å². The minimum atomic E-state index is 0. The summed E-state index contributed by atoms with van der Waals surface area (Å²) in [6.45, 7) is 4.79. The van der Waals surface area contributed by atoms with Crippen LogP contribution in [0.4, 0.5) is 0 Å². The highest BCUT2D eigenvalue weighted by atomic mass is 35.5. The summed E-state index contributed by atoms with van der Waals surface area (Å²) in [6, 6.07) is 2.23. The Morgan fingerprint density at radius 3 is 3.05 bits per heavy atom. The first kappa shape index (κ1) is 15.4. The molecule has 1 saturated heterocycles. The third kappa shape index (κ3) is 2.88. The van der Waals surface area contributed by atoms with Gasteiger partial charge in [0.15, 0.2) is 4.96 Å². The summed E-state index contributed by atoms with van der Waals surface area (Å²) in [5, 5.41) is 5.27. The zero-order valence-corrected chi connectivity index (χ0v) is 13.3. The largest absolute Gasteiger partial charge is 0.316 e. The molecule has 1 atom stereocenters. The number of thiazole rings is 1. The third-order valence-electron chi connectivity index (χ3n) is 3.69. The van der Waals surface area contributed by atoms with E-state index in [1.54, 1.807) is 10.5 Å². The van der Waals surface area contributed by atoms with Crippen LogP contribution in [0.15, 0.2) is 16.2 Å². The third-order valence-corrected chi connectivity index (χ3v) is 4.64. The van der Waals surface area contributed by atoms with Crippen LogP contribution in [0.5, 0.6) is 0 Å². The summed E-state index contributed by atoms with van der Waals surface area (Å²) in [4.78, 5) is 19.8. The van der Waals surface area contributed by atoms with Gasteiger partial charge in [-0.2, -0.15) is 0 Å². The number of fused-ring (bicyclic) bond motifs is 1. The van der Waals surface area contributed by atoms with Crippen molar-refractivity contribution >= 4 is 28.7 Å². The van der Waals surface area contributed by atoms with Crippen LogP contribution in [-0.4, -0.2) is 40.5 Å². The second kappa shape index (κ2) is 6.22. The Kier molecular flexibility index (Phi) is 4.80. The van der Waals surface area contributed by atoms with Gasteiger partial charge < -0.3 is 5.32 Å². The summed E-state index contributed by atoms with van der Waals surface area (Å²) in [7, 11) is 2.00. The van der Waals surface area contributed by atoms with Crippen molar-refractivity contribution in [2.24, 2.45) is 0 Å². The lowest BCUT2D eigenvalue weighted by atomic mass is 10.3. The molecule has 3 rings (SSSR count). The van der Waals surface area contributed by atoms with Gasteiger partial charge in [0.2, 0.25) is 0 Å². The van der Waals surface area contributed by atoms with Crippen LogP contribution >= 0.6 is 23.7 Å². The Hall–Kier alpha value is -0.950. The predicted octanol–water partition coefficient (Wildman–Crippen LogP) is 1.28. The molecule has 1 fully saturated rings. The standard InChI is InChI=1S/C13H18N4OS.ClH/c1-9-8-19-13-15-11(5-12(18)17(9)13)7-16-4-3-10(6-16)14-2;/h5,8,10,14H,3-4,6-7H2,1-2H3;1H. The van der Waals surface area contributed by atoms with Crippen LogP contribution in [0.25, 0.3) is 4.96 Å². The first-order valence-corrected chi connectivity index (χ1v) is 7.42. The smallest absolute Gasteiger partial charge is 0.259 e. The van der Waals surface area contributed by atoms with E-state index in [1.807, 2.05) is 19.4 Å². The van der Waals surface area contributed by atoms with Crippen molar-refractivity contribution in [3.05, 3.63) is 33.2 Å². The lowest BCUT2D eigenvalue weighted by Gasteiger charge is -2.15. The Morgan fingerprint density at radius 2 is 2.35 bits per heavy atom. The number of likely N-dealkylation sites (tertiary alicyclic amines) is 1. The van der Waals surface area contributed by atoms with Crippen LogP contribution in [-0.2, 0) is 6.54 Å².